The monoisotopic (exact) mass is 1860 g/mol. The number of aliphatic hydroxyl groups excluding tert-OH is 2. The predicted octanol–water partition coefficient (Wildman–Crippen LogP) is 17.6. The lowest BCUT2D eigenvalue weighted by Gasteiger charge is -2.16. The van der Waals surface area contributed by atoms with E-state index >= 15 is 0 Å². The Kier molecular flexibility index (Phi) is 45.8. The molecule has 4 atom stereocenters. The molecule has 0 saturated carbocycles. The molecule has 706 valence electrons. The van der Waals surface area contributed by atoms with Crippen molar-refractivity contribution in [2.45, 2.75) is 99.9 Å². The standard InChI is InChI=1S/C23H25N3O4.C22H23N3O4.C20H14ClFN4.C20H16N4.C10H15N3O5.4C2H6/c1-4-6-17-7-5-8-18(13-17)26-23-19-14-21(29-11-9-27-2)22(30-12-10-28-3)15-20(19)24-16-25-23;1-4-16-6-5-7-17(12-16)25-22-18-13-20(28-10-8-26-2)21(29-11-9-27-3)14-19(18)23-15-24-22;21-17-11-15(5-6-18(17)22)25-20-16-3-1-2-4-19(16)26(13-24-20)12-14-7-9-23-10-8-14;1-2-6-17(7-3-1)23-20-18-8-4-5-9-19(18)24(15-22-20)14-16-10-12-21-13-11-16;1-17-4-5-7(14)8(15)9(18-5)13-3-2-6(11)12-10(13)16;4*1-2/h5,7-8,13-16H,9-12H2,1-3H3,(H,24,25,26);1,5-7,12-15H,8-11H2,2-3H3,(H,23,24,25);1-11,13H,12H2;1-13,15H,14H2;2-3,5,7-9,14-15H,4H2,1H3,(H2,11,12,16);4*1-2H3/p+2. The third-order valence-electron chi connectivity index (χ3n) is 19.1. The van der Waals surface area contributed by atoms with Crippen LogP contribution in [0.5, 0.6) is 23.0 Å². The number of halogens is 2. The number of nitrogens with one attached hydrogen (secondary N) is 4. The summed E-state index contributed by atoms with van der Waals surface area (Å²) in [6, 6.07) is 63.2. The number of methoxy groups -OCH3 is 5. The quantitative estimate of drug-likeness (QED) is 0.0121. The van der Waals surface area contributed by atoms with Crippen LogP contribution in [0.1, 0.15) is 90.8 Å². The number of anilines is 9. The number of nitrogen functional groups attached to an aromatic ring is 1. The third-order valence-corrected chi connectivity index (χ3v) is 19.4. The number of hydrogen-bond donors (Lipinski definition) is 7. The van der Waals surface area contributed by atoms with Gasteiger partial charge in [0.1, 0.15) is 105 Å². The molecule has 0 bridgehead atoms. The Morgan fingerprint density at radius 2 is 0.896 bits per heavy atom. The van der Waals surface area contributed by atoms with Crippen LogP contribution in [-0.4, -0.2) is 173 Å². The molecular weight excluding hydrogens is 1740 g/mol. The number of ether oxygens (including phenoxy) is 10. The molecule has 1 saturated heterocycles. The van der Waals surface area contributed by atoms with E-state index in [1.807, 2.05) is 239 Å². The minimum atomic E-state index is -1.23. The molecule has 16 rings (SSSR count). The number of nitrogens with zero attached hydrogens (tertiary/aromatic N) is 12. The second-order valence-corrected chi connectivity index (χ2v) is 28.3. The zero-order chi connectivity index (χ0) is 97.1. The first-order valence-corrected chi connectivity index (χ1v) is 44.4. The summed E-state index contributed by atoms with van der Waals surface area (Å²) in [6.45, 7) is 22.9. The Morgan fingerprint density at radius 1 is 0.474 bits per heavy atom. The summed E-state index contributed by atoms with van der Waals surface area (Å²) in [4.78, 5) is 50.0. The molecule has 0 amide bonds. The van der Waals surface area contributed by atoms with Crippen LogP contribution in [0, 0.1) is 30.0 Å². The van der Waals surface area contributed by atoms with Crippen molar-refractivity contribution in [1.29, 1.82) is 0 Å². The minimum absolute atomic E-state index is 0.0722. The average Bonchev–Trinajstić information content (AvgIpc) is 1.80. The maximum atomic E-state index is 13.4. The number of hydrogen-bond acceptors (Lipinski definition) is 27. The Bertz CT molecular complexity index is 6210. The smallest absolute Gasteiger partial charge is 0.351 e. The summed E-state index contributed by atoms with van der Waals surface area (Å²) in [7, 11) is 7.96. The molecule has 0 spiro atoms. The van der Waals surface area contributed by atoms with Crippen LogP contribution >= 0.6 is 11.6 Å². The van der Waals surface area contributed by atoms with E-state index < -0.39 is 36.0 Å². The molecule has 8 N–H and O–H groups in total. The highest BCUT2D eigenvalue weighted by Gasteiger charge is 2.44. The van der Waals surface area contributed by atoms with Crippen LogP contribution in [0.2, 0.25) is 5.02 Å². The number of rotatable bonds is 31. The molecule has 30 nitrogen and oxygen atoms in total. The highest BCUT2D eigenvalue weighted by Crippen LogP contribution is 2.38. The van der Waals surface area contributed by atoms with Crippen LogP contribution in [0.4, 0.5) is 56.2 Å². The van der Waals surface area contributed by atoms with Gasteiger partial charge in [0.25, 0.3) is 24.3 Å². The van der Waals surface area contributed by atoms with Crippen LogP contribution in [-0.2, 0) is 41.5 Å². The number of aromatic nitrogens is 12. The van der Waals surface area contributed by atoms with E-state index in [9.17, 15) is 19.4 Å². The normalized spacial score (nSPS) is 13.0. The Hall–Kier alpha value is -14.5. The molecular formula is C103H119ClFN17O13+2. The lowest BCUT2D eigenvalue weighted by molar-refractivity contribution is -0.665. The Labute approximate surface area is 792 Å². The minimum Gasteiger partial charge on any atom is -0.487 e. The first-order valence-electron chi connectivity index (χ1n) is 44.0. The number of pyridine rings is 2. The summed E-state index contributed by atoms with van der Waals surface area (Å²) < 4.78 is 72.6. The van der Waals surface area contributed by atoms with Crippen molar-refractivity contribution >= 4 is 107 Å². The Balaban J connectivity index is 0.000000205. The second-order valence-electron chi connectivity index (χ2n) is 27.8. The molecule has 7 aromatic heterocycles. The van der Waals surface area contributed by atoms with Gasteiger partial charge in [0.2, 0.25) is 0 Å². The highest BCUT2D eigenvalue weighted by atomic mass is 35.5. The lowest BCUT2D eigenvalue weighted by atomic mass is 10.1. The SMILES string of the molecule is C#Cc1cccc(Nc2ncnc3cc(OCCOC)c(OCCOC)cc23)c1.CC.CC.CC.CC.CC#Cc1cccc(Nc2ncnc3cc(OCCOC)c(OCCOC)cc23)c1.COCC1OC(n2ccc(N)nc2=O)C(O)C1O.Fc1ccc(Nc2nc[n+](Cc3ccncc3)c3ccccc23)cc1Cl.c1ccc(Nc2nc[n+](Cc3ccncc3)c3ccccc23)cc1. The topological polar surface area (TPSA) is 353 Å². The van der Waals surface area contributed by atoms with Crippen LogP contribution in [0.3, 0.4) is 0 Å². The largest absolute Gasteiger partial charge is 0.487 e. The number of fused-ring (bicyclic) bond motifs is 4. The summed E-state index contributed by atoms with van der Waals surface area (Å²) in [5.74, 6) is 13.5. The molecule has 1 aliphatic heterocycles. The molecule has 15 aromatic rings. The average molecular weight is 1860 g/mol. The van der Waals surface area contributed by atoms with Crippen molar-refractivity contribution in [3.8, 4) is 47.2 Å². The van der Waals surface area contributed by atoms with Crippen molar-refractivity contribution in [1.82, 2.24) is 49.4 Å². The maximum absolute atomic E-state index is 13.4. The molecule has 135 heavy (non-hydrogen) atoms. The van der Waals surface area contributed by atoms with E-state index in [4.69, 9.17) is 71.1 Å². The van der Waals surface area contributed by atoms with Crippen LogP contribution in [0.25, 0.3) is 43.6 Å². The fourth-order valence-electron chi connectivity index (χ4n) is 12.9. The van der Waals surface area contributed by atoms with Crippen molar-refractivity contribution in [2.75, 3.05) is 122 Å². The molecule has 32 heteroatoms. The zero-order valence-electron chi connectivity index (χ0n) is 78.5. The van der Waals surface area contributed by atoms with Crippen LogP contribution in [0.15, 0.2) is 261 Å². The second kappa shape index (κ2) is 58.4. The molecule has 8 heterocycles. The number of benzene rings is 8. The van der Waals surface area contributed by atoms with Crippen molar-refractivity contribution in [3.05, 3.63) is 300 Å². The number of terminal acetylenes is 1. The van der Waals surface area contributed by atoms with Gasteiger partial charge in [-0.05, 0) is 161 Å². The Morgan fingerprint density at radius 3 is 1.34 bits per heavy atom. The van der Waals surface area contributed by atoms with Crippen molar-refractivity contribution in [2.24, 2.45) is 0 Å². The van der Waals surface area contributed by atoms with Gasteiger partial charge in [-0.15, -0.1) is 12.3 Å². The first kappa shape index (κ1) is 106. The van der Waals surface area contributed by atoms with E-state index in [1.54, 1.807) is 59.3 Å². The van der Waals surface area contributed by atoms with E-state index in [2.05, 4.69) is 111 Å². The molecule has 1 aliphatic rings. The van der Waals surface area contributed by atoms with Gasteiger partial charge in [-0.1, -0.05) is 133 Å². The highest BCUT2D eigenvalue weighted by molar-refractivity contribution is 6.31. The number of aliphatic hydroxyl groups is 2. The predicted molar refractivity (Wildman–Crippen MR) is 530 cm³/mol. The van der Waals surface area contributed by atoms with E-state index in [-0.39, 0.29) is 17.4 Å². The van der Waals surface area contributed by atoms with E-state index in [0.717, 1.165) is 94.3 Å². The van der Waals surface area contributed by atoms with Gasteiger partial charge in [-0.3, -0.25) is 14.5 Å². The van der Waals surface area contributed by atoms with E-state index in [0.29, 0.717) is 106 Å². The van der Waals surface area contributed by atoms with Gasteiger partial charge in [-0.2, -0.15) is 4.98 Å². The van der Waals surface area contributed by atoms with Gasteiger partial charge in [0.15, 0.2) is 29.2 Å². The summed E-state index contributed by atoms with van der Waals surface area (Å²) in [5, 5.41) is 36.6. The summed E-state index contributed by atoms with van der Waals surface area (Å²) >= 11 is 5.87. The van der Waals surface area contributed by atoms with Crippen molar-refractivity contribution in [3.63, 3.8) is 0 Å². The molecule has 1 fully saturated rings. The van der Waals surface area contributed by atoms with Gasteiger partial charge >= 0.3 is 5.69 Å². The lowest BCUT2D eigenvalue weighted by Crippen LogP contribution is -2.36. The summed E-state index contributed by atoms with van der Waals surface area (Å²) in [6.07, 6.45) is 16.7. The van der Waals surface area contributed by atoms with Gasteiger partial charge in [0.05, 0.1) is 59.9 Å². The van der Waals surface area contributed by atoms with Gasteiger partial charge < -0.3 is 84.6 Å². The number of nitrogens with two attached hydrogens (primary N) is 1. The summed E-state index contributed by atoms with van der Waals surface area (Å²) in [5.41, 5.74) is 15.8. The fourth-order valence-corrected chi connectivity index (χ4v) is 13.1. The van der Waals surface area contributed by atoms with Gasteiger partial charge in [0, 0.05) is 123 Å². The maximum Gasteiger partial charge on any atom is 0.351 e. The van der Waals surface area contributed by atoms with Crippen LogP contribution < -0.4 is 60.8 Å². The fraction of sp³-hybridized carbons (Fsp3) is 0.282. The molecule has 8 aromatic carbocycles. The number of para-hydroxylation sites is 3. The first-order chi connectivity index (χ1) is 66.1. The van der Waals surface area contributed by atoms with Crippen molar-refractivity contribution < 1.29 is 71.1 Å². The molecule has 4 unspecified atom stereocenters. The van der Waals surface area contributed by atoms with Gasteiger partial charge in [-0.25, -0.2) is 38.3 Å². The molecule has 0 radical (unpaired) electrons. The molecule has 0 aliphatic carbocycles. The zero-order valence-corrected chi connectivity index (χ0v) is 79.3. The van der Waals surface area contributed by atoms with E-state index in [1.165, 1.54) is 43.7 Å². The third kappa shape index (κ3) is 31.9.